The predicted octanol–water partition coefficient (Wildman–Crippen LogP) is 2.86. The fourth-order valence-electron chi connectivity index (χ4n) is 3.64. The monoisotopic (exact) mass is 314 g/mol. The van der Waals surface area contributed by atoms with E-state index in [1.807, 2.05) is 28.0 Å². The molecular weight excluding hydrogens is 288 g/mol. The van der Waals surface area contributed by atoms with E-state index >= 15 is 0 Å². The van der Waals surface area contributed by atoms with E-state index in [1.54, 1.807) is 0 Å². The number of para-hydroxylation sites is 1. The molecule has 1 fully saturated rings. The highest BCUT2D eigenvalue weighted by molar-refractivity contribution is 5.97. The molecule has 1 saturated heterocycles. The third-order valence-electron chi connectivity index (χ3n) is 4.93. The number of benzene rings is 1. The number of nitrogens with zero attached hydrogens (tertiary/aromatic N) is 2. The Kier molecular flexibility index (Phi) is 4.69. The molecule has 23 heavy (non-hydrogen) atoms. The molecule has 2 aliphatic rings. The van der Waals surface area contributed by atoms with E-state index < -0.39 is 0 Å². The van der Waals surface area contributed by atoms with E-state index in [0.717, 1.165) is 44.6 Å². The molecule has 2 heterocycles. The van der Waals surface area contributed by atoms with E-state index in [4.69, 9.17) is 0 Å². The molecule has 0 radical (unpaired) electrons. The van der Waals surface area contributed by atoms with Crippen LogP contribution in [0.1, 0.15) is 38.7 Å². The van der Waals surface area contributed by atoms with Gasteiger partial charge in [-0.3, -0.25) is 9.59 Å². The van der Waals surface area contributed by atoms with Crippen molar-refractivity contribution in [3.63, 3.8) is 0 Å². The maximum absolute atomic E-state index is 12.8. The minimum atomic E-state index is 0.0595. The average Bonchev–Trinajstić information content (AvgIpc) is 2.97. The molecule has 4 heteroatoms. The van der Waals surface area contributed by atoms with Gasteiger partial charge in [0, 0.05) is 37.7 Å². The fourth-order valence-corrected chi connectivity index (χ4v) is 3.64. The van der Waals surface area contributed by atoms with Crippen molar-refractivity contribution in [2.24, 2.45) is 11.8 Å². The normalized spacial score (nSPS) is 18.4. The zero-order valence-corrected chi connectivity index (χ0v) is 14.1. The van der Waals surface area contributed by atoms with Crippen LogP contribution in [0.4, 0.5) is 5.69 Å². The number of fused-ring (bicyclic) bond motifs is 1. The van der Waals surface area contributed by atoms with Gasteiger partial charge in [-0.25, -0.2) is 0 Å². The zero-order valence-electron chi connectivity index (χ0n) is 14.1. The molecule has 1 aromatic carbocycles. The van der Waals surface area contributed by atoms with Crippen molar-refractivity contribution in [1.82, 2.24) is 4.90 Å². The number of carbonyl (C=O) groups excluding carboxylic acids is 2. The van der Waals surface area contributed by atoms with Crippen LogP contribution in [-0.2, 0) is 16.0 Å². The summed E-state index contributed by atoms with van der Waals surface area (Å²) in [4.78, 5) is 28.9. The first-order valence-corrected chi connectivity index (χ1v) is 8.73. The van der Waals surface area contributed by atoms with Crippen LogP contribution in [0, 0.1) is 11.8 Å². The number of amides is 2. The second-order valence-electron chi connectivity index (χ2n) is 7.12. The Morgan fingerprint density at radius 1 is 1.13 bits per heavy atom. The smallest absolute Gasteiger partial charge is 0.230 e. The minimum Gasteiger partial charge on any atom is -0.343 e. The predicted molar refractivity (Wildman–Crippen MR) is 91.3 cm³/mol. The number of hydrogen-bond donors (Lipinski definition) is 0. The highest BCUT2D eigenvalue weighted by Gasteiger charge is 2.33. The highest BCUT2D eigenvalue weighted by Crippen LogP contribution is 2.31. The van der Waals surface area contributed by atoms with Crippen LogP contribution < -0.4 is 4.90 Å². The summed E-state index contributed by atoms with van der Waals surface area (Å²) < 4.78 is 0. The quantitative estimate of drug-likeness (QED) is 0.861. The Hall–Kier alpha value is -1.84. The molecule has 0 N–H and O–H groups in total. The Morgan fingerprint density at radius 2 is 1.83 bits per heavy atom. The lowest BCUT2D eigenvalue weighted by atomic mass is 9.94. The van der Waals surface area contributed by atoms with Gasteiger partial charge in [-0.05, 0) is 36.8 Å². The first-order valence-electron chi connectivity index (χ1n) is 8.73. The van der Waals surface area contributed by atoms with Crippen LogP contribution in [0.3, 0.4) is 0 Å². The molecule has 0 aromatic heterocycles. The molecule has 0 saturated carbocycles. The summed E-state index contributed by atoms with van der Waals surface area (Å²) in [6.07, 6.45) is 3.15. The van der Waals surface area contributed by atoms with Crippen LogP contribution in [-0.4, -0.2) is 36.3 Å². The van der Waals surface area contributed by atoms with Gasteiger partial charge < -0.3 is 9.80 Å². The third kappa shape index (κ3) is 3.41. The summed E-state index contributed by atoms with van der Waals surface area (Å²) >= 11 is 0. The Labute approximate surface area is 138 Å². The molecule has 0 spiro atoms. The van der Waals surface area contributed by atoms with Crippen molar-refractivity contribution in [2.45, 2.75) is 39.5 Å². The van der Waals surface area contributed by atoms with Crippen LogP contribution in [0.25, 0.3) is 0 Å². The van der Waals surface area contributed by atoms with Crippen LogP contribution in [0.5, 0.6) is 0 Å². The van der Waals surface area contributed by atoms with Gasteiger partial charge in [0.2, 0.25) is 11.8 Å². The molecule has 4 nitrogen and oxygen atoms in total. The van der Waals surface area contributed by atoms with Gasteiger partial charge in [0.05, 0.1) is 0 Å². The number of carbonyl (C=O) groups is 2. The first kappa shape index (κ1) is 16.0. The Bertz CT molecular complexity index is 589. The van der Waals surface area contributed by atoms with Gasteiger partial charge in [-0.15, -0.1) is 0 Å². The summed E-state index contributed by atoms with van der Waals surface area (Å²) in [5, 5.41) is 0. The standard InChI is InChI=1S/C19H26N2O2/c1-14(2)13-18(22)20-10-7-16(8-11-20)19(23)21-12-9-15-5-3-4-6-17(15)21/h3-6,14,16H,7-13H2,1-2H3. The first-order chi connectivity index (χ1) is 11.1. The maximum atomic E-state index is 12.8. The molecule has 3 rings (SSSR count). The topological polar surface area (TPSA) is 40.6 Å². The Morgan fingerprint density at radius 3 is 2.52 bits per heavy atom. The number of likely N-dealkylation sites (tertiary alicyclic amines) is 1. The van der Waals surface area contributed by atoms with Crippen LogP contribution in [0.2, 0.25) is 0 Å². The number of hydrogen-bond acceptors (Lipinski definition) is 2. The Balaban J connectivity index is 1.58. The summed E-state index contributed by atoms with van der Waals surface area (Å²) in [6, 6.07) is 8.18. The second-order valence-corrected chi connectivity index (χ2v) is 7.12. The van der Waals surface area contributed by atoms with Crippen molar-refractivity contribution in [3.05, 3.63) is 29.8 Å². The minimum absolute atomic E-state index is 0.0595. The number of piperidine rings is 1. The molecule has 0 bridgehead atoms. The fraction of sp³-hybridized carbons (Fsp3) is 0.579. The molecule has 124 valence electrons. The number of anilines is 1. The van der Waals surface area contributed by atoms with Crippen molar-refractivity contribution in [1.29, 1.82) is 0 Å². The van der Waals surface area contributed by atoms with Crippen molar-refractivity contribution >= 4 is 17.5 Å². The van der Waals surface area contributed by atoms with Crippen LogP contribution >= 0.6 is 0 Å². The van der Waals surface area contributed by atoms with E-state index in [-0.39, 0.29) is 17.7 Å². The van der Waals surface area contributed by atoms with Gasteiger partial charge in [-0.1, -0.05) is 32.0 Å². The third-order valence-corrected chi connectivity index (χ3v) is 4.93. The summed E-state index contributed by atoms with van der Waals surface area (Å²) in [5.41, 5.74) is 2.35. The second kappa shape index (κ2) is 6.73. The lowest BCUT2D eigenvalue weighted by molar-refractivity contribution is -0.135. The summed E-state index contributed by atoms with van der Waals surface area (Å²) in [5.74, 6) is 0.926. The van der Waals surface area contributed by atoms with Gasteiger partial charge in [0.25, 0.3) is 0 Å². The van der Waals surface area contributed by atoms with Gasteiger partial charge in [0.15, 0.2) is 0 Å². The molecule has 1 aromatic rings. The highest BCUT2D eigenvalue weighted by atomic mass is 16.2. The summed E-state index contributed by atoms with van der Waals surface area (Å²) in [6.45, 7) is 6.37. The summed E-state index contributed by atoms with van der Waals surface area (Å²) in [7, 11) is 0. The maximum Gasteiger partial charge on any atom is 0.230 e. The molecular formula is C19H26N2O2. The van der Waals surface area contributed by atoms with Gasteiger partial charge in [-0.2, -0.15) is 0 Å². The molecule has 0 aliphatic carbocycles. The van der Waals surface area contributed by atoms with Crippen molar-refractivity contribution in [2.75, 3.05) is 24.5 Å². The van der Waals surface area contributed by atoms with Gasteiger partial charge >= 0.3 is 0 Å². The van der Waals surface area contributed by atoms with E-state index in [0.29, 0.717) is 12.3 Å². The average molecular weight is 314 g/mol. The van der Waals surface area contributed by atoms with Crippen LogP contribution in [0.15, 0.2) is 24.3 Å². The molecule has 2 aliphatic heterocycles. The van der Waals surface area contributed by atoms with Crippen molar-refractivity contribution in [3.8, 4) is 0 Å². The lowest BCUT2D eigenvalue weighted by Crippen LogP contribution is -2.44. The molecule has 2 amide bonds. The van der Waals surface area contributed by atoms with E-state index in [9.17, 15) is 9.59 Å². The van der Waals surface area contributed by atoms with E-state index in [2.05, 4.69) is 19.9 Å². The number of rotatable bonds is 3. The molecule has 0 unspecified atom stereocenters. The van der Waals surface area contributed by atoms with Crippen molar-refractivity contribution < 1.29 is 9.59 Å². The molecule has 0 atom stereocenters. The SMILES string of the molecule is CC(C)CC(=O)N1CCC(C(=O)N2CCc3ccccc32)CC1. The zero-order chi connectivity index (χ0) is 16.4. The lowest BCUT2D eigenvalue weighted by Gasteiger charge is -2.33. The van der Waals surface area contributed by atoms with E-state index in [1.165, 1.54) is 5.56 Å². The largest absolute Gasteiger partial charge is 0.343 e. The van der Waals surface area contributed by atoms with Gasteiger partial charge in [0.1, 0.15) is 0 Å².